The number of aryl methyl sites for hydroxylation is 1. The number of nitrogens with zero attached hydrogens (tertiary/aromatic N) is 1. The molecule has 0 saturated heterocycles. The lowest BCUT2D eigenvalue weighted by Crippen LogP contribution is -2.40. The molecule has 40 heavy (non-hydrogen) atoms. The number of hydrogen-bond donors (Lipinski definition) is 0. The number of rotatable bonds is 23. The van der Waals surface area contributed by atoms with Crippen molar-refractivity contribution in [2.24, 2.45) is 5.92 Å². The van der Waals surface area contributed by atoms with Gasteiger partial charge in [-0.2, -0.15) is 0 Å². The van der Waals surface area contributed by atoms with Gasteiger partial charge in [-0.1, -0.05) is 121 Å². The Morgan fingerprint density at radius 2 is 1.38 bits per heavy atom. The van der Waals surface area contributed by atoms with Crippen LogP contribution in [0.4, 0.5) is 0 Å². The Kier molecular flexibility index (Phi) is 17.4. The average molecular weight is 553 g/mol. The summed E-state index contributed by atoms with van der Waals surface area (Å²) in [6.45, 7) is 7.11. The van der Waals surface area contributed by atoms with E-state index in [0.717, 1.165) is 36.2 Å². The molecule has 0 heterocycles. The maximum atomic E-state index is 12.5. The third-order valence-corrected chi connectivity index (χ3v) is 7.79. The molecule has 2 aromatic rings. The summed E-state index contributed by atoms with van der Waals surface area (Å²) in [5.41, 5.74) is 2.67. The van der Waals surface area contributed by atoms with Gasteiger partial charge in [-0.05, 0) is 30.5 Å². The molecular formula is C36H58NO3+. The highest BCUT2D eigenvalue weighted by atomic mass is 16.5. The van der Waals surface area contributed by atoms with E-state index in [4.69, 9.17) is 9.47 Å². The lowest BCUT2D eigenvalue weighted by molar-refractivity contribution is -0.904. The third-order valence-electron chi connectivity index (χ3n) is 7.79. The summed E-state index contributed by atoms with van der Waals surface area (Å²) in [7, 11) is 4.44. The first-order valence-corrected chi connectivity index (χ1v) is 16.1. The number of unbranched alkanes of at least 4 members (excludes halogenated alkanes) is 10. The number of ether oxygens (including phenoxy) is 2. The van der Waals surface area contributed by atoms with Crippen LogP contribution in [-0.4, -0.2) is 44.3 Å². The van der Waals surface area contributed by atoms with Crippen LogP contribution < -0.4 is 4.74 Å². The summed E-state index contributed by atoms with van der Waals surface area (Å²) in [5, 5.41) is 0. The topological polar surface area (TPSA) is 35.5 Å². The molecule has 4 nitrogen and oxygen atoms in total. The Balaban J connectivity index is 1.51. The molecule has 0 aromatic heterocycles. The zero-order chi connectivity index (χ0) is 28.9. The second-order valence-electron chi connectivity index (χ2n) is 12.3. The molecule has 0 bridgehead atoms. The average Bonchev–Trinajstić information content (AvgIpc) is 2.95. The number of carbonyl (C=O) groups excluding carboxylic acids is 1. The molecule has 1 atom stereocenters. The molecule has 2 aromatic carbocycles. The molecule has 0 radical (unpaired) electrons. The highest BCUT2D eigenvalue weighted by Crippen LogP contribution is 2.18. The van der Waals surface area contributed by atoms with Gasteiger partial charge in [0.2, 0.25) is 0 Å². The van der Waals surface area contributed by atoms with Crippen molar-refractivity contribution in [2.45, 2.75) is 110 Å². The van der Waals surface area contributed by atoms with Crippen molar-refractivity contribution in [3.63, 3.8) is 0 Å². The van der Waals surface area contributed by atoms with Gasteiger partial charge in [-0.15, -0.1) is 0 Å². The molecule has 0 N–H and O–H groups in total. The van der Waals surface area contributed by atoms with E-state index in [9.17, 15) is 4.79 Å². The van der Waals surface area contributed by atoms with Gasteiger partial charge < -0.3 is 14.0 Å². The fraction of sp³-hybridized carbons (Fsp3) is 0.639. The molecule has 224 valence electrons. The molecule has 0 amide bonds. The number of hydrogen-bond acceptors (Lipinski definition) is 3. The smallest absolute Gasteiger partial charge is 0.308 e. The first-order valence-electron chi connectivity index (χ1n) is 16.1. The van der Waals surface area contributed by atoms with Crippen molar-refractivity contribution in [1.29, 1.82) is 0 Å². The van der Waals surface area contributed by atoms with E-state index < -0.39 is 0 Å². The molecule has 0 saturated carbocycles. The van der Waals surface area contributed by atoms with Crippen LogP contribution in [0.25, 0.3) is 0 Å². The summed E-state index contributed by atoms with van der Waals surface area (Å²) < 4.78 is 12.4. The van der Waals surface area contributed by atoms with Gasteiger partial charge in [0.15, 0.2) is 0 Å². The Morgan fingerprint density at radius 1 is 0.750 bits per heavy atom. The van der Waals surface area contributed by atoms with E-state index in [0.29, 0.717) is 19.6 Å². The molecule has 0 spiro atoms. The lowest BCUT2D eigenvalue weighted by atomic mass is 10.0. The molecule has 0 aliphatic carbocycles. The fourth-order valence-corrected chi connectivity index (χ4v) is 5.17. The molecule has 2 rings (SSSR count). The van der Waals surface area contributed by atoms with Crippen molar-refractivity contribution in [3.8, 4) is 5.75 Å². The van der Waals surface area contributed by atoms with E-state index in [-0.39, 0.29) is 11.9 Å². The maximum Gasteiger partial charge on any atom is 0.308 e. The van der Waals surface area contributed by atoms with Crippen molar-refractivity contribution < 1.29 is 18.8 Å². The van der Waals surface area contributed by atoms with Gasteiger partial charge in [0.1, 0.15) is 12.3 Å². The summed E-state index contributed by atoms with van der Waals surface area (Å²) in [5.74, 6) is 0.716. The standard InChI is InChI=1S/C36H58NO3/c1-5-6-7-8-9-10-11-12-13-14-16-21-33-24-19-25-35(30-33)39-28-20-29-40-36(38)32(2)26-27-37(3,4)31-34-22-17-15-18-23-34/h15,17-19,22-25,30,32H,5-14,16,20-21,26-29,31H2,1-4H3/q+1. The number of benzene rings is 2. The van der Waals surface area contributed by atoms with Crippen LogP contribution in [0.15, 0.2) is 54.6 Å². The summed E-state index contributed by atoms with van der Waals surface area (Å²) in [4.78, 5) is 12.5. The van der Waals surface area contributed by atoms with Crippen molar-refractivity contribution >= 4 is 5.97 Å². The first kappa shape index (κ1) is 33.9. The summed E-state index contributed by atoms with van der Waals surface area (Å²) >= 11 is 0. The largest absolute Gasteiger partial charge is 0.493 e. The van der Waals surface area contributed by atoms with Crippen molar-refractivity contribution in [1.82, 2.24) is 0 Å². The van der Waals surface area contributed by atoms with E-state index in [2.05, 4.69) is 63.5 Å². The Hall–Kier alpha value is -2.33. The Labute approximate surface area is 246 Å². The third kappa shape index (κ3) is 16.1. The van der Waals surface area contributed by atoms with E-state index in [1.165, 1.54) is 81.8 Å². The predicted molar refractivity (Wildman–Crippen MR) is 169 cm³/mol. The quantitative estimate of drug-likeness (QED) is 0.0783. The molecule has 0 fully saturated rings. The zero-order valence-corrected chi connectivity index (χ0v) is 26.2. The number of esters is 1. The second-order valence-corrected chi connectivity index (χ2v) is 12.3. The molecule has 0 aliphatic rings. The molecular weight excluding hydrogens is 494 g/mol. The van der Waals surface area contributed by atoms with Gasteiger partial charge in [0, 0.05) is 18.4 Å². The molecule has 0 aliphatic heterocycles. The van der Waals surface area contributed by atoms with Gasteiger partial charge in [-0.3, -0.25) is 4.79 Å². The molecule has 4 heteroatoms. The van der Waals surface area contributed by atoms with Gasteiger partial charge in [0.05, 0.1) is 39.8 Å². The second kappa shape index (κ2) is 20.5. The normalized spacial score (nSPS) is 12.3. The number of quaternary nitrogens is 1. The maximum absolute atomic E-state index is 12.5. The van der Waals surface area contributed by atoms with E-state index >= 15 is 0 Å². The first-order chi connectivity index (χ1) is 19.4. The van der Waals surface area contributed by atoms with Crippen LogP contribution in [0.5, 0.6) is 5.75 Å². The highest BCUT2D eigenvalue weighted by Gasteiger charge is 2.21. The minimum atomic E-state index is -0.103. The molecule has 1 unspecified atom stereocenters. The Bertz CT molecular complexity index is 911. The van der Waals surface area contributed by atoms with Crippen LogP contribution in [0.3, 0.4) is 0 Å². The van der Waals surface area contributed by atoms with Gasteiger partial charge >= 0.3 is 5.97 Å². The van der Waals surface area contributed by atoms with Crippen LogP contribution >= 0.6 is 0 Å². The predicted octanol–water partition coefficient (Wildman–Crippen LogP) is 9.16. The van der Waals surface area contributed by atoms with Crippen LogP contribution in [0.2, 0.25) is 0 Å². The zero-order valence-electron chi connectivity index (χ0n) is 26.2. The Morgan fingerprint density at radius 3 is 2.05 bits per heavy atom. The van der Waals surface area contributed by atoms with Crippen LogP contribution in [0, 0.1) is 5.92 Å². The van der Waals surface area contributed by atoms with Gasteiger partial charge in [-0.25, -0.2) is 0 Å². The van der Waals surface area contributed by atoms with Crippen molar-refractivity contribution in [2.75, 3.05) is 33.9 Å². The lowest BCUT2D eigenvalue weighted by Gasteiger charge is -2.30. The van der Waals surface area contributed by atoms with Crippen molar-refractivity contribution in [3.05, 3.63) is 65.7 Å². The van der Waals surface area contributed by atoms with E-state index in [1.807, 2.05) is 19.1 Å². The van der Waals surface area contributed by atoms with Crippen LogP contribution in [-0.2, 0) is 22.5 Å². The minimum absolute atomic E-state index is 0.0960. The SMILES string of the molecule is CCCCCCCCCCCCCc1cccc(OCCCOC(=O)C(C)CC[N+](C)(C)Cc2ccccc2)c1. The fourth-order valence-electron chi connectivity index (χ4n) is 5.17. The van der Waals surface area contributed by atoms with E-state index in [1.54, 1.807) is 0 Å². The summed E-state index contributed by atoms with van der Waals surface area (Å²) in [6, 6.07) is 19.0. The van der Waals surface area contributed by atoms with Crippen LogP contribution in [0.1, 0.15) is 108 Å². The monoisotopic (exact) mass is 552 g/mol. The highest BCUT2D eigenvalue weighted by molar-refractivity contribution is 5.71. The minimum Gasteiger partial charge on any atom is -0.493 e. The summed E-state index contributed by atoms with van der Waals surface area (Å²) in [6.07, 6.45) is 17.7. The van der Waals surface area contributed by atoms with Gasteiger partial charge in [0.25, 0.3) is 0 Å². The number of carbonyl (C=O) groups is 1.